The first-order valence-corrected chi connectivity index (χ1v) is 8.13. The van der Waals surface area contributed by atoms with Crippen LogP contribution < -0.4 is 11.1 Å². The summed E-state index contributed by atoms with van der Waals surface area (Å²) in [5, 5.41) is 3.20. The van der Waals surface area contributed by atoms with Crippen LogP contribution in [0.1, 0.15) is 15.9 Å². The summed E-state index contributed by atoms with van der Waals surface area (Å²) in [5.41, 5.74) is 7.94. The molecular formula is C18H23N5O. The van der Waals surface area contributed by atoms with Gasteiger partial charge in [0.1, 0.15) is 5.82 Å². The van der Waals surface area contributed by atoms with Gasteiger partial charge in [0, 0.05) is 44.6 Å². The molecule has 6 nitrogen and oxygen atoms in total. The first kappa shape index (κ1) is 16.4. The predicted octanol–water partition coefficient (Wildman–Crippen LogP) is 1.67. The maximum atomic E-state index is 11.5. The van der Waals surface area contributed by atoms with Gasteiger partial charge in [0.2, 0.25) is 0 Å². The zero-order valence-electron chi connectivity index (χ0n) is 13.9. The van der Waals surface area contributed by atoms with Crippen molar-refractivity contribution in [2.24, 2.45) is 5.73 Å². The van der Waals surface area contributed by atoms with Crippen LogP contribution in [-0.4, -0.2) is 53.9 Å². The molecule has 3 N–H and O–H groups in total. The summed E-state index contributed by atoms with van der Waals surface area (Å²) >= 11 is 0. The van der Waals surface area contributed by atoms with E-state index in [1.54, 1.807) is 18.3 Å². The number of likely N-dealkylation sites (N-methyl/N-ethyl adjacent to an activating group) is 1. The van der Waals surface area contributed by atoms with Gasteiger partial charge < -0.3 is 16.0 Å². The molecule has 1 aliphatic rings. The fourth-order valence-electron chi connectivity index (χ4n) is 2.85. The van der Waals surface area contributed by atoms with Crippen molar-refractivity contribution in [1.29, 1.82) is 0 Å². The van der Waals surface area contributed by atoms with Crippen LogP contribution in [0.15, 0.2) is 42.6 Å². The lowest BCUT2D eigenvalue weighted by Crippen LogP contribution is -2.43. The molecule has 1 aromatic carbocycles. The maximum Gasteiger partial charge on any atom is 0.252 e. The fraction of sp³-hybridized carbons (Fsp3) is 0.333. The van der Waals surface area contributed by atoms with Crippen LogP contribution in [0.5, 0.6) is 0 Å². The average Bonchev–Trinajstić information content (AvgIpc) is 2.58. The second-order valence-electron chi connectivity index (χ2n) is 6.17. The van der Waals surface area contributed by atoms with Crippen molar-refractivity contribution in [1.82, 2.24) is 14.8 Å². The molecule has 3 rings (SSSR count). The van der Waals surface area contributed by atoms with Crippen molar-refractivity contribution in [3.05, 3.63) is 53.7 Å². The van der Waals surface area contributed by atoms with Gasteiger partial charge in [-0.15, -0.1) is 0 Å². The molecule has 1 amide bonds. The second kappa shape index (κ2) is 7.42. The van der Waals surface area contributed by atoms with Crippen LogP contribution in [0, 0.1) is 0 Å². The number of rotatable bonds is 5. The van der Waals surface area contributed by atoms with E-state index in [1.165, 1.54) is 5.56 Å². The highest BCUT2D eigenvalue weighted by molar-refractivity contribution is 5.98. The van der Waals surface area contributed by atoms with E-state index in [0.717, 1.165) is 38.4 Å². The molecule has 126 valence electrons. The molecule has 24 heavy (non-hydrogen) atoms. The molecule has 0 aliphatic carbocycles. The molecule has 0 radical (unpaired) electrons. The fourth-order valence-corrected chi connectivity index (χ4v) is 2.85. The SMILES string of the molecule is CN1CCN(Cc2cccc(Nc3ncccc3C(N)=O)c2)CC1. The third-order valence-electron chi connectivity index (χ3n) is 4.26. The number of anilines is 2. The molecule has 0 bridgehead atoms. The number of nitrogens with two attached hydrogens (primary N) is 1. The van der Waals surface area contributed by atoms with Crippen molar-refractivity contribution in [2.75, 3.05) is 38.5 Å². The first-order valence-electron chi connectivity index (χ1n) is 8.13. The first-order chi connectivity index (χ1) is 11.6. The molecule has 1 saturated heterocycles. The number of benzene rings is 1. The topological polar surface area (TPSA) is 74.5 Å². The Labute approximate surface area is 142 Å². The average molecular weight is 325 g/mol. The van der Waals surface area contributed by atoms with Gasteiger partial charge >= 0.3 is 0 Å². The molecule has 2 aromatic rings. The van der Waals surface area contributed by atoms with Crippen molar-refractivity contribution in [3.8, 4) is 0 Å². The van der Waals surface area contributed by atoms with Crippen LogP contribution in [0.25, 0.3) is 0 Å². The second-order valence-corrected chi connectivity index (χ2v) is 6.17. The highest BCUT2D eigenvalue weighted by atomic mass is 16.1. The van der Waals surface area contributed by atoms with E-state index in [1.807, 2.05) is 12.1 Å². The highest BCUT2D eigenvalue weighted by Gasteiger charge is 2.14. The van der Waals surface area contributed by atoms with Crippen molar-refractivity contribution < 1.29 is 4.79 Å². The number of carbonyl (C=O) groups is 1. The van der Waals surface area contributed by atoms with Crippen molar-refractivity contribution in [3.63, 3.8) is 0 Å². The lowest BCUT2D eigenvalue weighted by molar-refractivity contribution is 0.100. The van der Waals surface area contributed by atoms with E-state index in [-0.39, 0.29) is 0 Å². The smallest absolute Gasteiger partial charge is 0.252 e. The Balaban J connectivity index is 1.71. The summed E-state index contributed by atoms with van der Waals surface area (Å²) in [7, 11) is 2.16. The van der Waals surface area contributed by atoms with E-state index < -0.39 is 5.91 Å². The Morgan fingerprint density at radius 3 is 2.75 bits per heavy atom. The molecule has 6 heteroatoms. The van der Waals surface area contributed by atoms with Crippen LogP contribution in [-0.2, 0) is 6.54 Å². The summed E-state index contributed by atoms with van der Waals surface area (Å²) in [6.07, 6.45) is 1.64. The van der Waals surface area contributed by atoms with E-state index >= 15 is 0 Å². The van der Waals surface area contributed by atoms with E-state index in [2.05, 4.69) is 39.3 Å². The molecule has 1 aromatic heterocycles. The number of hydrogen-bond donors (Lipinski definition) is 2. The highest BCUT2D eigenvalue weighted by Crippen LogP contribution is 2.20. The van der Waals surface area contributed by atoms with Crippen molar-refractivity contribution >= 4 is 17.4 Å². The molecule has 0 spiro atoms. The summed E-state index contributed by atoms with van der Waals surface area (Å²) in [6, 6.07) is 11.6. The number of piperazine rings is 1. The Bertz CT molecular complexity index is 710. The Morgan fingerprint density at radius 1 is 1.21 bits per heavy atom. The largest absolute Gasteiger partial charge is 0.365 e. The summed E-state index contributed by atoms with van der Waals surface area (Å²) in [6.45, 7) is 5.30. The summed E-state index contributed by atoms with van der Waals surface area (Å²) in [4.78, 5) is 20.5. The van der Waals surface area contributed by atoms with E-state index in [0.29, 0.717) is 11.4 Å². The molecule has 1 aliphatic heterocycles. The maximum absolute atomic E-state index is 11.5. The minimum atomic E-state index is -0.487. The Kier molecular flexibility index (Phi) is 5.08. The standard InChI is InChI=1S/C18H23N5O/c1-22-8-10-23(11-9-22)13-14-4-2-5-15(12-14)21-18-16(17(19)24)6-3-7-20-18/h2-7,12H,8-11,13H2,1H3,(H2,19,24)(H,20,21). The minimum Gasteiger partial charge on any atom is -0.365 e. The monoisotopic (exact) mass is 325 g/mol. The van der Waals surface area contributed by atoms with Gasteiger partial charge in [-0.05, 0) is 36.9 Å². The van der Waals surface area contributed by atoms with Gasteiger partial charge in [-0.2, -0.15) is 0 Å². The lowest BCUT2D eigenvalue weighted by atomic mass is 10.1. The van der Waals surface area contributed by atoms with Gasteiger partial charge in [0.15, 0.2) is 0 Å². The number of aromatic nitrogens is 1. The number of nitrogens with zero attached hydrogens (tertiary/aromatic N) is 3. The minimum absolute atomic E-state index is 0.391. The summed E-state index contributed by atoms with van der Waals surface area (Å²) < 4.78 is 0. The number of pyridine rings is 1. The molecule has 2 heterocycles. The Hall–Kier alpha value is -2.44. The van der Waals surface area contributed by atoms with Gasteiger partial charge in [0.25, 0.3) is 5.91 Å². The van der Waals surface area contributed by atoms with Gasteiger partial charge in [-0.3, -0.25) is 9.69 Å². The third-order valence-corrected chi connectivity index (χ3v) is 4.26. The van der Waals surface area contributed by atoms with Gasteiger partial charge in [0.05, 0.1) is 5.56 Å². The van der Waals surface area contributed by atoms with Crippen LogP contribution >= 0.6 is 0 Å². The predicted molar refractivity (Wildman–Crippen MR) is 95.3 cm³/mol. The van der Waals surface area contributed by atoms with Crippen LogP contribution in [0.4, 0.5) is 11.5 Å². The van der Waals surface area contributed by atoms with E-state index in [9.17, 15) is 4.79 Å². The lowest BCUT2D eigenvalue weighted by Gasteiger charge is -2.32. The molecule has 1 fully saturated rings. The van der Waals surface area contributed by atoms with Crippen molar-refractivity contribution in [2.45, 2.75) is 6.54 Å². The van der Waals surface area contributed by atoms with Gasteiger partial charge in [-0.1, -0.05) is 12.1 Å². The zero-order chi connectivity index (χ0) is 16.9. The number of hydrogen-bond acceptors (Lipinski definition) is 5. The quantitative estimate of drug-likeness (QED) is 0.875. The molecule has 0 saturated carbocycles. The van der Waals surface area contributed by atoms with Crippen LogP contribution in [0.3, 0.4) is 0 Å². The normalized spacial score (nSPS) is 16.0. The molecule has 0 unspecified atom stereocenters. The number of amides is 1. The molecular weight excluding hydrogens is 302 g/mol. The summed E-state index contributed by atoms with van der Waals surface area (Å²) in [5.74, 6) is 0.000869. The van der Waals surface area contributed by atoms with Gasteiger partial charge in [-0.25, -0.2) is 4.98 Å². The molecule has 0 atom stereocenters. The third kappa shape index (κ3) is 4.10. The number of nitrogens with one attached hydrogen (secondary N) is 1. The number of carbonyl (C=O) groups excluding carboxylic acids is 1. The van der Waals surface area contributed by atoms with Crippen LogP contribution in [0.2, 0.25) is 0 Å². The van der Waals surface area contributed by atoms with E-state index in [4.69, 9.17) is 5.73 Å². The zero-order valence-corrected chi connectivity index (χ0v) is 13.9. The Morgan fingerprint density at radius 2 is 2.00 bits per heavy atom. The number of primary amides is 1.